The Labute approximate surface area is 272 Å². The Kier molecular flexibility index (Phi) is 10.4. The van der Waals surface area contributed by atoms with E-state index in [9.17, 15) is 33.8 Å². The van der Waals surface area contributed by atoms with Crippen molar-refractivity contribution in [1.29, 1.82) is 0 Å². The predicted molar refractivity (Wildman–Crippen MR) is 167 cm³/mol. The Morgan fingerprint density at radius 2 is 1.64 bits per heavy atom. The summed E-state index contributed by atoms with van der Waals surface area (Å²) in [6, 6.07) is 7.46. The normalized spacial score (nSPS) is 20.0. The second kappa shape index (κ2) is 13.9. The molecule has 47 heavy (non-hydrogen) atoms. The van der Waals surface area contributed by atoms with E-state index in [1.54, 1.807) is 51.3 Å². The number of likely N-dealkylation sites (tertiary alicyclic amines) is 1. The first-order valence-electron chi connectivity index (χ1n) is 15.7. The minimum atomic E-state index is -1.89. The first-order valence-corrected chi connectivity index (χ1v) is 15.7. The average Bonchev–Trinajstić information content (AvgIpc) is 3.50. The summed E-state index contributed by atoms with van der Waals surface area (Å²) in [4.78, 5) is 56.3. The Hall–Kier alpha value is -4.81. The van der Waals surface area contributed by atoms with E-state index in [2.05, 4.69) is 10.2 Å². The zero-order valence-corrected chi connectivity index (χ0v) is 27.5. The quantitative estimate of drug-likeness (QED) is 0.329. The minimum absolute atomic E-state index is 0.00676. The van der Waals surface area contributed by atoms with Crippen LogP contribution in [0, 0.1) is 5.82 Å². The van der Waals surface area contributed by atoms with Gasteiger partial charge in [-0.15, -0.1) is 5.10 Å². The first kappa shape index (κ1) is 35.1. The van der Waals surface area contributed by atoms with E-state index in [0.29, 0.717) is 24.9 Å². The average molecular weight is 653 g/mol. The Morgan fingerprint density at radius 1 is 0.979 bits per heavy atom. The molecule has 0 saturated carbocycles. The highest BCUT2D eigenvalue weighted by Gasteiger charge is 2.55. The molecule has 0 aliphatic carbocycles. The molecular weight excluding hydrogens is 611 g/mol. The summed E-state index contributed by atoms with van der Waals surface area (Å²) in [5.74, 6) is -4.39. The maximum Gasteiger partial charge on any atom is 0.358 e. The highest BCUT2D eigenvalue weighted by Crippen LogP contribution is 2.51. The van der Waals surface area contributed by atoms with Crippen molar-refractivity contribution in [2.45, 2.75) is 84.3 Å². The number of ether oxygens (including phenoxy) is 2. The second-order valence-corrected chi connectivity index (χ2v) is 12.3. The van der Waals surface area contributed by atoms with Crippen molar-refractivity contribution in [3.8, 4) is 0 Å². The Bertz CT molecular complexity index is 1600. The van der Waals surface area contributed by atoms with Crippen LogP contribution in [0.1, 0.15) is 82.6 Å². The van der Waals surface area contributed by atoms with Crippen LogP contribution in [-0.2, 0) is 35.7 Å². The lowest BCUT2D eigenvalue weighted by molar-refractivity contribution is -0.160. The van der Waals surface area contributed by atoms with Gasteiger partial charge < -0.3 is 29.5 Å². The number of benzene rings is 1. The smallest absolute Gasteiger partial charge is 0.358 e. The molecule has 13 heteroatoms. The number of nitrogens with zero attached hydrogens (tertiary/aromatic N) is 4. The van der Waals surface area contributed by atoms with Gasteiger partial charge in [-0.05, 0) is 83.7 Å². The highest BCUT2D eigenvalue weighted by atomic mass is 19.1. The van der Waals surface area contributed by atoms with E-state index < -0.39 is 46.8 Å². The van der Waals surface area contributed by atoms with E-state index in [4.69, 9.17) is 9.47 Å². The van der Waals surface area contributed by atoms with Gasteiger partial charge in [0.25, 0.3) is 0 Å². The molecule has 2 aliphatic rings. The lowest BCUT2D eigenvalue weighted by atomic mass is 9.65. The highest BCUT2D eigenvalue weighted by molar-refractivity contribution is 6.01. The maximum atomic E-state index is 13.9. The van der Waals surface area contributed by atoms with E-state index in [0.717, 1.165) is 0 Å². The number of carbonyl (C=O) groups excluding carboxylic acids is 2. The number of likely N-dealkylation sites (N-methyl/N-ethyl adjacent to an activating group) is 1. The van der Waals surface area contributed by atoms with Crippen LogP contribution in [0.3, 0.4) is 0 Å². The Balaban J connectivity index is 2.08. The number of aromatic nitrogens is 2. The molecule has 0 radical (unpaired) electrons. The molecule has 252 valence electrons. The number of carbonyl (C=O) groups is 4. The van der Waals surface area contributed by atoms with Crippen LogP contribution in [0.15, 0.2) is 59.1 Å². The van der Waals surface area contributed by atoms with E-state index in [-0.39, 0.29) is 60.0 Å². The van der Waals surface area contributed by atoms with Crippen LogP contribution in [0.5, 0.6) is 0 Å². The van der Waals surface area contributed by atoms with Crippen molar-refractivity contribution in [1.82, 2.24) is 20.0 Å². The summed E-state index contributed by atoms with van der Waals surface area (Å²) in [5, 5.41) is 30.2. The van der Waals surface area contributed by atoms with Crippen molar-refractivity contribution in [3.63, 3.8) is 0 Å². The fourth-order valence-electron chi connectivity index (χ4n) is 6.46. The Morgan fingerprint density at radius 3 is 2.15 bits per heavy atom. The SMILES string of the molecule is CCOC(=O)c1ccc(C2(CC)C(C(=O)O)=C(Cc3ccc(F)cc3)N(CC)C(N3CCC[C@H]3C(=O)OC(C)(C)C)=C2C(=O)O)nn1. The van der Waals surface area contributed by atoms with Crippen LogP contribution in [0.2, 0.25) is 0 Å². The summed E-state index contributed by atoms with van der Waals surface area (Å²) in [7, 11) is 0. The van der Waals surface area contributed by atoms with Gasteiger partial charge in [0, 0.05) is 25.2 Å². The van der Waals surface area contributed by atoms with Gasteiger partial charge in [0.15, 0.2) is 5.69 Å². The monoisotopic (exact) mass is 652 g/mol. The molecule has 2 N–H and O–H groups in total. The van der Waals surface area contributed by atoms with Crippen molar-refractivity contribution in [3.05, 3.63) is 81.8 Å². The van der Waals surface area contributed by atoms with Gasteiger partial charge in [-0.25, -0.2) is 23.6 Å². The molecule has 1 saturated heterocycles. The zero-order chi connectivity index (χ0) is 34.7. The number of esters is 2. The topological polar surface area (TPSA) is 159 Å². The van der Waals surface area contributed by atoms with Gasteiger partial charge in [0.05, 0.1) is 28.9 Å². The van der Waals surface area contributed by atoms with Crippen LogP contribution < -0.4 is 0 Å². The van der Waals surface area contributed by atoms with Crippen molar-refractivity contribution in [2.24, 2.45) is 0 Å². The molecule has 4 rings (SSSR count). The van der Waals surface area contributed by atoms with Crippen LogP contribution in [0.25, 0.3) is 0 Å². The van der Waals surface area contributed by atoms with Gasteiger partial charge in [0.2, 0.25) is 0 Å². The van der Waals surface area contributed by atoms with Gasteiger partial charge in [-0.2, -0.15) is 5.10 Å². The van der Waals surface area contributed by atoms with Crippen LogP contribution >= 0.6 is 0 Å². The number of carboxylic acids is 2. The fraction of sp³-hybridized carbons (Fsp3) is 0.471. The third kappa shape index (κ3) is 6.84. The molecule has 0 bridgehead atoms. The van der Waals surface area contributed by atoms with Gasteiger partial charge in [0.1, 0.15) is 23.3 Å². The molecule has 0 amide bonds. The number of allylic oxidation sites excluding steroid dienone is 1. The van der Waals surface area contributed by atoms with Crippen molar-refractivity contribution in [2.75, 3.05) is 19.7 Å². The number of halogens is 1. The maximum absolute atomic E-state index is 13.9. The van der Waals surface area contributed by atoms with Crippen LogP contribution in [0.4, 0.5) is 4.39 Å². The fourth-order valence-corrected chi connectivity index (χ4v) is 6.46. The molecule has 1 fully saturated rings. The number of carboxylic acid groups (broad SMARTS) is 2. The standard InChI is InChI=1S/C34H41FN4O8/c1-7-34(25-17-16-22(36-37-25)31(44)46-9-3)26(29(40)41)24(19-20-12-14-21(35)15-13-20)38(8-2)28(27(34)30(42)43)39-18-10-11-23(39)32(45)47-33(4,5)6/h12-17,23H,7-11,18-19H2,1-6H3,(H,40,41)(H,42,43)/t23-,34?/m0/s1. The van der Waals surface area contributed by atoms with Crippen molar-refractivity contribution >= 4 is 23.9 Å². The summed E-state index contributed by atoms with van der Waals surface area (Å²) in [6.45, 7) is 10.8. The molecule has 2 atom stereocenters. The molecule has 0 spiro atoms. The molecular formula is C34H41FN4O8. The minimum Gasteiger partial charge on any atom is -0.478 e. The first-order chi connectivity index (χ1) is 22.2. The summed E-state index contributed by atoms with van der Waals surface area (Å²) in [5.41, 5.74) is -2.56. The van der Waals surface area contributed by atoms with Crippen LogP contribution in [-0.4, -0.2) is 85.4 Å². The third-order valence-corrected chi connectivity index (χ3v) is 8.30. The molecule has 12 nitrogen and oxygen atoms in total. The van der Waals surface area contributed by atoms with Gasteiger partial charge in [-0.1, -0.05) is 19.1 Å². The third-order valence-electron chi connectivity index (χ3n) is 8.30. The van der Waals surface area contributed by atoms with E-state index in [1.165, 1.54) is 36.4 Å². The molecule has 1 aromatic carbocycles. The van der Waals surface area contributed by atoms with E-state index in [1.807, 2.05) is 0 Å². The lowest BCUT2D eigenvalue weighted by Crippen LogP contribution is -2.53. The number of hydrogen-bond acceptors (Lipinski definition) is 10. The van der Waals surface area contributed by atoms with Gasteiger partial charge >= 0.3 is 23.9 Å². The molecule has 1 aromatic heterocycles. The van der Waals surface area contributed by atoms with E-state index >= 15 is 0 Å². The number of hydrogen-bond donors (Lipinski definition) is 2. The number of rotatable bonds is 11. The lowest BCUT2D eigenvalue weighted by Gasteiger charge is -2.48. The molecule has 2 aliphatic heterocycles. The predicted octanol–water partition coefficient (Wildman–Crippen LogP) is 4.46. The zero-order valence-electron chi connectivity index (χ0n) is 27.5. The summed E-state index contributed by atoms with van der Waals surface area (Å²) >= 11 is 0. The number of aliphatic carboxylic acids is 2. The van der Waals surface area contributed by atoms with Gasteiger partial charge in [-0.3, -0.25) is 0 Å². The largest absolute Gasteiger partial charge is 0.478 e. The second-order valence-electron chi connectivity index (χ2n) is 12.3. The summed E-state index contributed by atoms with van der Waals surface area (Å²) < 4.78 is 24.7. The summed E-state index contributed by atoms with van der Waals surface area (Å²) in [6.07, 6.45) is 0.850. The molecule has 3 heterocycles. The molecule has 1 unspecified atom stereocenters. The molecule has 2 aromatic rings. The van der Waals surface area contributed by atoms with Crippen molar-refractivity contribution < 1.29 is 43.3 Å².